The molecule has 0 aliphatic rings. The first-order chi connectivity index (χ1) is 9.65. The summed E-state index contributed by atoms with van der Waals surface area (Å²) in [5.41, 5.74) is 3.08. The second-order valence-corrected chi connectivity index (χ2v) is 4.48. The summed E-state index contributed by atoms with van der Waals surface area (Å²) in [5.74, 6) is -0.942. The number of benzene rings is 1. The van der Waals surface area contributed by atoms with Gasteiger partial charge in [0.25, 0.3) is 0 Å². The first-order valence-corrected chi connectivity index (χ1v) is 6.26. The Morgan fingerprint density at radius 3 is 2.65 bits per heavy atom. The van der Waals surface area contributed by atoms with Gasteiger partial charge >= 0.3 is 5.97 Å². The number of nitrogens with zero attached hydrogens (tertiary/aromatic N) is 2. The maximum atomic E-state index is 10.5. The molecule has 4 heteroatoms. The summed E-state index contributed by atoms with van der Waals surface area (Å²) in [5, 5.41) is 8.58. The minimum absolute atomic E-state index is 0.776. The quantitative estimate of drug-likeness (QED) is 0.847. The summed E-state index contributed by atoms with van der Waals surface area (Å²) in [6.07, 6.45) is 6.31. The molecule has 1 heterocycles. The normalized spacial score (nSPS) is 10.7. The fourth-order valence-corrected chi connectivity index (χ4v) is 1.86. The topological polar surface area (TPSA) is 53.4 Å². The highest BCUT2D eigenvalue weighted by molar-refractivity contribution is 5.85. The van der Waals surface area contributed by atoms with Crippen molar-refractivity contribution in [2.24, 2.45) is 0 Å². The van der Waals surface area contributed by atoms with Gasteiger partial charge in [-0.1, -0.05) is 18.2 Å². The van der Waals surface area contributed by atoms with Crippen LogP contribution in [0.1, 0.15) is 11.1 Å². The number of pyridine rings is 1. The maximum Gasteiger partial charge on any atom is 0.328 e. The van der Waals surface area contributed by atoms with E-state index in [-0.39, 0.29) is 0 Å². The van der Waals surface area contributed by atoms with E-state index < -0.39 is 5.97 Å². The van der Waals surface area contributed by atoms with E-state index in [1.54, 1.807) is 12.3 Å². The molecule has 0 radical (unpaired) electrons. The molecule has 1 aromatic carbocycles. The summed E-state index contributed by atoms with van der Waals surface area (Å²) < 4.78 is 0. The van der Waals surface area contributed by atoms with E-state index in [0.29, 0.717) is 0 Å². The third-order valence-corrected chi connectivity index (χ3v) is 2.89. The molecular formula is C16H16N2O2. The number of hydrogen-bond donors (Lipinski definition) is 1. The first kappa shape index (κ1) is 13.8. The van der Waals surface area contributed by atoms with Crippen LogP contribution in [0.3, 0.4) is 0 Å². The number of anilines is 1. The lowest BCUT2D eigenvalue weighted by Gasteiger charge is -2.19. The minimum atomic E-state index is -0.942. The lowest BCUT2D eigenvalue weighted by atomic mass is 10.1. The van der Waals surface area contributed by atoms with Gasteiger partial charge in [0.1, 0.15) is 0 Å². The van der Waals surface area contributed by atoms with Crippen LogP contribution >= 0.6 is 0 Å². The zero-order valence-electron chi connectivity index (χ0n) is 11.2. The molecule has 0 saturated carbocycles. The Balaban J connectivity index is 2.04. The van der Waals surface area contributed by atoms with Gasteiger partial charge in [-0.25, -0.2) is 4.79 Å². The lowest BCUT2D eigenvalue weighted by molar-refractivity contribution is -0.131. The van der Waals surface area contributed by atoms with E-state index in [2.05, 4.69) is 9.88 Å². The standard InChI is InChI=1S/C16H16N2O2/c1-18(12-14-3-2-10-17-11-14)15-7-4-13(5-8-15)6-9-16(19)20/h2-11H,12H2,1H3,(H,19,20)/b9-6+. The average Bonchev–Trinajstić information content (AvgIpc) is 2.46. The highest BCUT2D eigenvalue weighted by Crippen LogP contribution is 2.16. The van der Waals surface area contributed by atoms with Crippen molar-refractivity contribution in [3.05, 3.63) is 66.0 Å². The number of carboxylic acids is 1. The number of carbonyl (C=O) groups is 1. The lowest BCUT2D eigenvalue weighted by Crippen LogP contribution is -2.16. The second kappa shape index (κ2) is 6.52. The van der Waals surface area contributed by atoms with E-state index in [4.69, 9.17) is 5.11 Å². The SMILES string of the molecule is CN(Cc1cccnc1)c1ccc(/C=C/C(=O)O)cc1. The van der Waals surface area contributed by atoms with E-state index in [0.717, 1.165) is 29.4 Å². The van der Waals surface area contributed by atoms with Gasteiger partial charge in [-0.2, -0.15) is 0 Å². The number of carboxylic acid groups (broad SMARTS) is 1. The highest BCUT2D eigenvalue weighted by Gasteiger charge is 2.02. The number of aliphatic carboxylic acids is 1. The van der Waals surface area contributed by atoms with E-state index >= 15 is 0 Å². The van der Waals surface area contributed by atoms with Crippen molar-refractivity contribution in [2.45, 2.75) is 6.54 Å². The van der Waals surface area contributed by atoms with Crippen LogP contribution in [0.25, 0.3) is 6.08 Å². The molecule has 2 rings (SSSR count). The fourth-order valence-electron chi connectivity index (χ4n) is 1.86. The summed E-state index contributed by atoms with van der Waals surface area (Å²) in [6.45, 7) is 0.776. The molecule has 20 heavy (non-hydrogen) atoms. The summed E-state index contributed by atoms with van der Waals surface area (Å²) in [7, 11) is 2.01. The van der Waals surface area contributed by atoms with E-state index in [1.165, 1.54) is 0 Å². The predicted octanol–water partition coefficient (Wildman–Crippen LogP) is 2.82. The Morgan fingerprint density at radius 1 is 1.30 bits per heavy atom. The van der Waals surface area contributed by atoms with Gasteiger partial charge in [0.15, 0.2) is 0 Å². The fraction of sp³-hybridized carbons (Fsp3) is 0.125. The third kappa shape index (κ3) is 3.95. The zero-order chi connectivity index (χ0) is 14.4. The first-order valence-electron chi connectivity index (χ1n) is 6.26. The third-order valence-electron chi connectivity index (χ3n) is 2.89. The smallest absolute Gasteiger partial charge is 0.328 e. The van der Waals surface area contributed by atoms with Crippen LogP contribution in [0.5, 0.6) is 0 Å². The van der Waals surface area contributed by atoms with Crippen LogP contribution in [0.15, 0.2) is 54.9 Å². The van der Waals surface area contributed by atoms with E-state index in [1.807, 2.05) is 49.6 Å². The van der Waals surface area contributed by atoms with Crippen molar-refractivity contribution >= 4 is 17.7 Å². The molecule has 1 N–H and O–H groups in total. The monoisotopic (exact) mass is 268 g/mol. The summed E-state index contributed by atoms with van der Waals surface area (Å²) in [6, 6.07) is 11.7. The van der Waals surface area contributed by atoms with Crippen LogP contribution < -0.4 is 4.90 Å². The summed E-state index contributed by atoms with van der Waals surface area (Å²) in [4.78, 5) is 16.7. The molecule has 4 nitrogen and oxygen atoms in total. The molecule has 0 atom stereocenters. The Hall–Kier alpha value is -2.62. The largest absolute Gasteiger partial charge is 0.478 e. The van der Waals surface area contributed by atoms with Gasteiger partial charge in [-0.15, -0.1) is 0 Å². The molecule has 102 valence electrons. The molecule has 0 aliphatic carbocycles. The number of rotatable bonds is 5. The van der Waals surface area contributed by atoms with Crippen LogP contribution in [-0.4, -0.2) is 23.1 Å². The zero-order valence-corrected chi connectivity index (χ0v) is 11.2. The molecule has 0 aliphatic heterocycles. The minimum Gasteiger partial charge on any atom is -0.478 e. The Bertz CT molecular complexity index is 592. The maximum absolute atomic E-state index is 10.5. The van der Waals surface area contributed by atoms with Crippen LogP contribution in [0.2, 0.25) is 0 Å². The predicted molar refractivity (Wildman–Crippen MR) is 79.5 cm³/mol. The van der Waals surface area contributed by atoms with Crippen molar-refractivity contribution < 1.29 is 9.90 Å². The Labute approximate surface area is 118 Å². The molecule has 0 bridgehead atoms. The molecule has 2 aromatic rings. The summed E-state index contributed by atoms with van der Waals surface area (Å²) >= 11 is 0. The molecular weight excluding hydrogens is 252 g/mol. The Morgan fingerprint density at radius 2 is 2.05 bits per heavy atom. The molecule has 0 fully saturated rings. The Kier molecular flexibility index (Phi) is 4.50. The van der Waals surface area contributed by atoms with Crippen molar-refractivity contribution in [3.8, 4) is 0 Å². The number of hydrogen-bond acceptors (Lipinski definition) is 3. The average molecular weight is 268 g/mol. The molecule has 0 spiro atoms. The molecule has 0 amide bonds. The van der Waals surface area contributed by atoms with Gasteiger partial charge < -0.3 is 10.0 Å². The van der Waals surface area contributed by atoms with Crippen LogP contribution in [0.4, 0.5) is 5.69 Å². The van der Waals surface area contributed by atoms with Crippen molar-refractivity contribution in [1.82, 2.24) is 4.98 Å². The van der Waals surface area contributed by atoms with Crippen molar-refractivity contribution in [1.29, 1.82) is 0 Å². The van der Waals surface area contributed by atoms with Gasteiger partial charge in [-0.05, 0) is 35.4 Å². The molecule has 0 saturated heterocycles. The number of aromatic nitrogens is 1. The van der Waals surface area contributed by atoms with Gasteiger partial charge in [0, 0.05) is 37.7 Å². The molecule has 1 aromatic heterocycles. The molecule has 0 unspecified atom stereocenters. The van der Waals surface area contributed by atoms with E-state index in [9.17, 15) is 4.79 Å². The van der Waals surface area contributed by atoms with Crippen molar-refractivity contribution in [2.75, 3.05) is 11.9 Å². The second-order valence-electron chi connectivity index (χ2n) is 4.48. The van der Waals surface area contributed by atoms with Crippen LogP contribution in [0, 0.1) is 0 Å². The van der Waals surface area contributed by atoms with Gasteiger partial charge in [-0.3, -0.25) is 4.98 Å². The van der Waals surface area contributed by atoms with Gasteiger partial charge in [0.05, 0.1) is 0 Å². The highest BCUT2D eigenvalue weighted by atomic mass is 16.4. The van der Waals surface area contributed by atoms with Crippen molar-refractivity contribution in [3.63, 3.8) is 0 Å². The van der Waals surface area contributed by atoms with Gasteiger partial charge in [0.2, 0.25) is 0 Å². The van der Waals surface area contributed by atoms with Crippen LogP contribution in [-0.2, 0) is 11.3 Å².